The van der Waals surface area contributed by atoms with Crippen LogP contribution >= 0.6 is 0 Å². The molecule has 0 saturated carbocycles. The van der Waals surface area contributed by atoms with E-state index >= 15 is 0 Å². The number of ether oxygens (including phenoxy) is 2. The fourth-order valence-corrected chi connectivity index (χ4v) is 2.88. The Morgan fingerprint density at radius 3 is 2.82 bits per heavy atom. The second kappa shape index (κ2) is 7.35. The second-order valence-corrected chi connectivity index (χ2v) is 5.54. The smallest absolute Gasteiger partial charge is 0.289 e. The largest absolute Gasteiger partial charge is 0.494 e. The van der Waals surface area contributed by atoms with E-state index in [4.69, 9.17) is 13.9 Å². The number of hydrogen-bond acceptors (Lipinski definition) is 5. The van der Waals surface area contributed by atoms with Crippen LogP contribution in [0.25, 0.3) is 0 Å². The molecule has 0 aliphatic carbocycles. The summed E-state index contributed by atoms with van der Waals surface area (Å²) in [4.78, 5) is 14.5. The van der Waals surface area contributed by atoms with Gasteiger partial charge in [0.15, 0.2) is 0 Å². The van der Waals surface area contributed by atoms with Gasteiger partial charge in [-0.15, -0.1) is 0 Å². The van der Waals surface area contributed by atoms with Crippen molar-refractivity contribution in [2.24, 2.45) is 0 Å². The highest BCUT2D eigenvalue weighted by atomic mass is 16.6. The maximum Gasteiger partial charge on any atom is 0.289 e. The molecule has 1 saturated heterocycles. The van der Waals surface area contributed by atoms with Crippen LogP contribution in [-0.4, -0.2) is 43.7 Å². The van der Waals surface area contributed by atoms with Crippen LogP contribution in [0.2, 0.25) is 0 Å². The number of likely N-dealkylation sites (tertiary alicyclic amines) is 1. The molecule has 3 rings (SSSR count). The fourth-order valence-electron chi connectivity index (χ4n) is 2.88. The highest BCUT2D eigenvalue weighted by Crippen LogP contribution is 2.24. The normalized spacial score (nSPS) is 20.5. The molecule has 0 bridgehead atoms. The minimum atomic E-state index is -0.242. The van der Waals surface area contributed by atoms with Gasteiger partial charge in [0.05, 0.1) is 12.3 Å². The summed E-state index contributed by atoms with van der Waals surface area (Å²) in [7, 11) is 0. The summed E-state index contributed by atoms with van der Waals surface area (Å²) in [5, 5.41) is 2.92. The van der Waals surface area contributed by atoms with Gasteiger partial charge in [0.1, 0.15) is 25.2 Å². The molecule has 0 radical (unpaired) electrons. The second-order valence-electron chi connectivity index (χ2n) is 5.54. The topological polar surface area (TPSA) is 63.9 Å². The van der Waals surface area contributed by atoms with Gasteiger partial charge < -0.3 is 19.2 Å². The Balaban J connectivity index is 1.62. The molecule has 2 aliphatic rings. The van der Waals surface area contributed by atoms with Crippen LogP contribution in [0.5, 0.6) is 0 Å². The third-order valence-corrected chi connectivity index (χ3v) is 4.03. The van der Waals surface area contributed by atoms with Crippen LogP contribution in [0.1, 0.15) is 31.1 Å². The quantitative estimate of drug-likeness (QED) is 0.899. The molecule has 2 aliphatic heterocycles. The highest BCUT2D eigenvalue weighted by molar-refractivity contribution is 5.91. The van der Waals surface area contributed by atoms with Crippen LogP contribution in [0.15, 0.2) is 34.8 Å². The maximum atomic E-state index is 12.1. The Morgan fingerprint density at radius 2 is 2.14 bits per heavy atom. The standard InChI is InChI=1S/C16H22N2O4/c19-16(15-12-20-9-10-22-15)17-11-13(14-5-4-8-21-14)18-6-2-1-3-7-18/h4-5,8,12-13H,1-3,6-7,9-11H2,(H,17,19)/t13-/m0/s1. The zero-order valence-electron chi connectivity index (χ0n) is 12.6. The predicted octanol–water partition coefficient (Wildman–Crippen LogP) is 1.81. The van der Waals surface area contributed by atoms with Crippen molar-refractivity contribution in [3.8, 4) is 0 Å². The average Bonchev–Trinajstić information content (AvgIpc) is 3.11. The zero-order chi connectivity index (χ0) is 15.2. The Hall–Kier alpha value is -1.95. The molecule has 1 aromatic rings. The average molecular weight is 306 g/mol. The van der Waals surface area contributed by atoms with Crippen molar-refractivity contribution in [1.29, 1.82) is 0 Å². The first-order chi connectivity index (χ1) is 10.8. The van der Waals surface area contributed by atoms with Crippen molar-refractivity contribution in [2.45, 2.75) is 25.3 Å². The van der Waals surface area contributed by atoms with Crippen LogP contribution < -0.4 is 5.32 Å². The molecule has 6 heteroatoms. The first-order valence-corrected chi connectivity index (χ1v) is 7.85. The van der Waals surface area contributed by atoms with Crippen molar-refractivity contribution in [2.75, 3.05) is 32.8 Å². The van der Waals surface area contributed by atoms with Gasteiger partial charge >= 0.3 is 0 Å². The third-order valence-electron chi connectivity index (χ3n) is 4.03. The van der Waals surface area contributed by atoms with Gasteiger partial charge in [-0.05, 0) is 38.1 Å². The number of piperidine rings is 1. The van der Waals surface area contributed by atoms with E-state index in [1.165, 1.54) is 25.5 Å². The molecule has 0 spiro atoms. The molecule has 1 N–H and O–H groups in total. The molecule has 0 aromatic carbocycles. The molecular formula is C16H22N2O4. The van der Waals surface area contributed by atoms with E-state index in [-0.39, 0.29) is 17.7 Å². The zero-order valence-corrected chi connectivity index (χ0v) is 12.6. The lowest BCUT2D eigenvalue weighted by Crippen LogP contribution is -2.41. The van der Waals surface area contributed by atoms with Gasteiger partial charge in [-0.2, -0.15) is 0 Å². The monoisotopic (exact) mass is 306 g/mol. The fraction of sp³-hybridized carbons (Fsp3) is 0.562. The first-order valence-electron chi connectivity index (χ1n) is 7.85. The van der Waals surface area contributed by atoms with Gasteiger partial charge in [0.25, 0.3) is 5.91 Å². The first kappa shape index (κ1) is 15.0. The summed E-state index contributed by atoms with van der Waals surface area (Å²) in [5.74, 6) is 0.883. The number of nitrogens with zero attached hydrogens (tertiary/aromatic N) is 1. The molecule has 1 aromatic heterocycles. The molecule has 6 nitrogen and oxygen atoms in total. The van der Waals surface area contributed by atoms with E-state index in [0.29, 0.717) is 19.8 Å². The summed E-state index contributed by atoms with van der Waals surface area (Å²) in [6.07, 6.45) is 6.70. The number of hydrogen-bond donors (Lipinski definition) is 1. The van der Waals surface area contributed by atoms with Crippen molar-refractivity contribution in [3.63, 3.8) is 0 Å². The van der Waals surface area contributed by atoms with Crippen molar-refractivity contribution in [3.05, 3.63) is 36.2 Å². The summed E-state index contributed by atoms with van der Waals surface area (Å²) >= 11 is 0. The molecule has 1 amide bonds. The number of rotatable bonds is 5. The van der Waals surface area contributed by atoms with Gasteiger partial charge in [0.2, 0.25) is 5.76 Å². The Kier molecular flexibility index (Phi) is 5.00. The van der Waals surface area contributed by atoms with Gasteiger partial charge in [-0.3, -0.25) is 9.69 Å². The number of carbonyl (C=O) groups is 1. The van der Waals surface area contributed by atoms with E-state index in [9.17, 15) is 4.79 Å². The Bertz CT molecular complexity index is 506. The number of amides is 1. The van der Waals surface area contributed by atoms with Crippen molar-refractivity contribution in [1.82, 2.24) is 10.2 Å². The number of furan rings is 1. The van der Waals surface area contributed by atoms with Gasteiger partial charge in [0, 0.05) is 6.54 Å². The van der Waals surface area contributed by atoms with Crippen LogP contribution in [0, 0.1) is 0 Å². The summed E-state index contributed by atoms with van der Waals surface area (Å²) in [6.45, 7) is 3.45. The molecule has 22 heavy (non-hydrogen) atoms. The minimum Gasteiger partial charge on any atom is -0.494 e. The maximum absolute atomic E-state index is 12.1. The molecule has 1 atom stereocenters. The predicted molar refractivity (Wildman–Crippen MR) is 79.9 cm³/mol. The highest BCUT2D eigenvalue weighted by Gasteiger charge is 2.26. The number of nitrogens with one attached hydrogen (secondary N) is 1. The van der Waals surface area contributed by atoms with Crippen LogP contribution in [0.3, 0.4) is 0 Å². The lowest BCUT2D eigenvalue weighted by atomic mass is 10.1. The van der Waals surface area contributed by atoms with E-state index in [0.717, 1.165) is 18.8 Å². The third kappa shape index (κ3) is 3.62. The SMILES string of the molecule is O=C(NC[C@@H](c1ccco1)N1CCCCC1)C1=COCCO1. The molecule has 120 valence electrons. The Morgan fingerprint density at radius 1 is 1.27 bits per heavy atom. The Labute approximate surface area is 130 Å². The van der Waals surface area contributed by atoms with Crippen molar-refractivity contribution >= 4 is 5.91 Å². The van der Waals surface area contributed by atoms with Crippen molar-refractivity contribution < 1.29 is 18.7 Å². The number of carbonyl (C=O) groups excluding carboxylic acids is 1. The molecule has 1 fully saturated rings. The van der Waals surface area contributed by atoms with Gasteiger partial charge in [-0.1, -0.05) is 6.42 Å². The summed E-state index contributed by atoms with van der Waals surface area (Å²) in [6, 6.07) is 3.91. The van der Waals surface area contributed by atoms with E-state index in [2.05, 4.69) is 10.2 Å². The van der Waals surface area contributed by atoms with E-state index in [1.54, 1.807) is 6.26 Å². The lowest BCUT2D eigenvalue weighted by Gasteiger charge is -2.33. The summed E-state index contributed by atoms with van der Waals surface area (Å²) < 4.78 is 16.0. The van der Waals surface area contributed by atoms with Crippen LogP contribution in [0.4, 0.5) is 0 Å². The van der Waals surface area contributed by atoms with E-state index in [1.807, 2.05) is 12.1 Å². The molecule has 0 unspecified atom stereocenters. The van der Waals surface area contributed by atoms with Crippen LogP contribution in [-0.2, 0) is 14.3 Å². The van der Waals surface area contributed by atoms with E-state index < -0.39 is 0 Å². The van der Waals surface area contributed by atoms with Gasteiger partial charge in [-0.25, -0.2) is 0 Å². The lowest BCUT2D eigenvalue weighted by molar-refractivity contribution is -0.122. The minimum absolute atomic E-state index is 0.0596. The molecular weight excluding hydrogens is 284 g/mol. The summed E-state index contributed by atoms with van der Waals surface area (Å²) in [5.41, 5.74) is 0. The molecule has 3 heterocycles.